The van der Waals surface area contributed by atoms with E-state index in [1.807, 2.05) is 45.1 Å². The van der Waals surface area contributed by atoms with Crippen molar-refractivity contribution in [1.29, 1.82) is 0 Å². The molecule has 2 heterocycles. The highest BCUT2D eigenvalue weighted by Crippen LogP contribution is 2.57. The number of hydrogen-bond acceptors (Lipinski definition) is 5. The lowest BCUT2D eigenvalue weighted by Gasteiger charge is -2.29. The number of Topliss-reactive ketones (excluding diaryl/α,β-unsaturated/α-hetero) is 1. The number of fused-ring (bicyclic) bond motifs is 5. The summed E-state index contributed by atoms with van der Waals surface area (Å²) in [4.78, 5) is 24.7. The fourth-order valence-electron chi connectivity index (χ4n) is 4.82. The molecule has 0 spiro atoms. The maximum atomic E-state index is 13.3. The van der Waals surface area contributed by atoms with Gasteiger partial charge in [-0.15, -0.1) is 0 Å². The van der Waals surface area contributed by atoms with E-state index in [1.54, 1.807) is 0 Å². The lowest BCUT2D eigenvalue weighted by Crippen LogP contribution is -2.38. The molecule has 136 valence electrons. The largest absolute Gasteiger partial charge is 0.511 e. The van der Waals surface area contributed by atoms with Gasteiger partial charge in [0.1, 0.15) is 11.4 Å². The number of aliphatic hydroxyl groups excluding tert-OH is 1. The van der Waals surface area contributed by atoms with Crippen LogP contribution < -0.4 is 0 Å². The number of allylic oxidation sites excluding steroid dienone is 1. The smallest absolute Gasteiger partial charge is 0.185 e. The molecule has 0 saturated carbocycles. The molecule has 1 aromatic rings. The summed E-state index contributed by atoms with van der Waals surface area (Å²) in [5.74, 6) is -0.334. The van der Waals surface area contributed by atoms with E-state index in [0.717, 1.165) is 22.3 Å². The number of aliphatic hydroxyl groups is 1. The van der Waals surface area contributed by atoms with Crippen molar-refractivity contribution in [3.8, 4) is 0 Å². The van der Waals surface area contributed by atoms with Crippen LogP contribution in [0.5, 0.6) is 0 Å². The second-order valence-corrected chi connectivity index (χ2v) is 8.73. The molecule has 3 aliphatic rings. The molecule has 1 aliphatic carbocycles. The zero-order valence-corrected chi connectivity index (χ0v) is 16.1. The number of ether oxygens (including phenoxy) is 1. The van der Waals surface area contributed by atoms with Crippen LogP contribution in [0.4, 0.5) is 0 Å². The monoisotopic (exact) mass is 370 g/mol. The second-order valence-electron chi connectivity index (χ2n) is 7.58. The maximum absolute atomic E-state index is 13.3. The number of carbonyl (C=O) groups excluding carboxylic acids is 2. The predicted molar refractivity (Wildman–Crippen MR) is 102 cm³/mol. The number of aryl methyl sites for hydroxylation is 3. The molecule has 5 heteroatoms. The van der Waals surface area contributed by atoms with Crippen LogP contribution in [0.15, 0.2) is 30.0 Å². The van der Waals surface area contributed by atoms with E-state index in [2.05, 4.69) is 0 Å². The molecular weight excluding hydrogens is 348 g/mol. The van der Waals surface area contributed by atoms with E-state index < -0.39 is 17.4 Å². The molecule has 4 rings (SSSR count). The first-order valence-electron chi connectivity index (χ1n) is 8.81. The van der Waals surface area contributed by atoms with E-state index in [9.17, 15) is 14.7 Å². The quantitative estimate of drug-likeness (QED) is 0.822. The number of thioether (sulfide) groups is 1. The number of benzene rings is 1. The molecule has 2 bridgehead atoms. The summed E-state index contributed by atoms with van der Waals surface area (Å²) in [7, 11) is 0. The van der Waals surface area contributed by atoms with E-state index in [4.69, 9.17) is 4.74 Å². The molecule has 2 aliphatic heterocycles. The lowest BCUT2D eigenvalue weighted by atomic mass is 9.77. The summed E-state index contributed by atoms with van der Waals surface area (Å²) >= 11 is 1.18. The summed E-state index contributed by atoms with van der Waals surface area (Å²) in [6.45, 7) is 7.49. The highest BCUT2D eigenvalue weighted by Gasteiger charge is 2.64. The summed E-state index contributed by atoms with van der Waals surface area (Å²) in [5.41, 5.74) is 3.61. The SMILES string of the molecule is CC(=O)SC[C@]12C=C[C@H](O1)[C@@H]1C(=O)C(c3c(C)cc(C)cc3C)=C(O)[C@@H]12. The molecule has 0 aromatic heterocycles. The normalized spacial score (nSPS) is 31.8. The second kappa shape index (κ2) is 5.83. The van der Waals surface area contributed by atoms with Crippen LogP contribution in [-0.4, -0.2) is 33.5 Å². The van der Waals surface area contributed by atoms with Crippen LogP contribution in [0.1, 0.15) is 29.2 Å². The Labute approximate surface area is 157 Å². The minimum absolute atomic E-state index is 0.00140. The molecule has 1 saturated heterocycles. The molecule has 1 N–H and O–H groups in total. The van der Waals surface area contributed by atoms with Gasteiger partial charge in [0.2, 0.25) is 0 Å². The van der Waals surface area contributed by atoms with Crippen LogP contribution in [0, 0.1) is 32.6 Å². The van der Waals surface area contributed by atoms with Crippen molar-refractivity contribution in [3.63, 3.8) is 0 Å². The molecule has 0 amide bonds. The van der Waals surface area contributed by atoms with Crippen molar-refractivity contribution in [2.75, 3.05) is 5.75 Å². The number of carbonyl (C=O) groups is 2. The third-order valence-electron chi connectivity index (χ3n) is 5.69. The van der Waals surface area contributed by atoms with Gasteiger partial charge in [0, 0.05) is 12.7 Å². The van der Waals surface area contributed by atoms with Gasteiger partial charge in [-0.2, -0.15) is 0 Å². The van der Waals surface area contributed by atoms with E-state index >= 15 is 0 Å². The van der Waals surface area contributed by atoms with E-state index in [1.165, 1.54) is 18.7 Å². The number of hydrogen-bond donors (Lipinski definition) is 1. The summed E-state index contributed by atoms with van der Waals surface area (Å²) in [6, 6.07) is 4.07. The van der Waals surface area contributed by atoms with E-state index in [0.29, 0.717) is 11.3 Å². The van der Waals surface area contributed by atoms with Crippen molar-refractivity contribution in [3.05, 3.63) is 52.3 Å². The van der Waals surface area contributed by atoms with Crippen molar-refractivity contribution in [1.82, 2.24) is 0 Å². The first kappa shape index (κ1) is 17.6. The zero-order valence-electron chi connectivity index (χ0n) is 15.3. The lowest BCUT2D eigenvalue weighted by molar-refractivity contribution is -0.118. The average Bonchev–Trinajstić information content (AvgIpc) is 3.18. The van der Waals surface area contributed by atoms with Crippen LogP contribution in [0.25, 0.3) is 5.57 Å². The Hall–Kier alpha value is -1.85. The highest BCUT2D eigenvalue weighted by molar-refractivity contribution is 8.13. The summed E-state index contributed by atoms with van der Waals surface area (Å²) in [6.07, 6.45) is 3.51. The van der Waals surface area contributed by atoms with Gasteiger partial charge >= 0.3 is 0 Å². The van der Waals surface area contributed by atoms with Crippen LogP contribution in [0.3, 0.4) is 0 Å². The minimum atomic E-state index is -0.778. The molecule has 0 radical (unpaired) electrons. The predicted octanol–water partition coefficient (Wildman–Crippen LogP) is 3.68. The van der Waals surface area contributed by atoms with E-state index in [-0.39, 0.29) is 22.8 Å². The third-order valence-corrected chi connectivity index (χ3v) is 6.69. The molecule has 1 aromatic carbocycles. The zero-order chi connectivity index (χ0) is 18.8. The first-order valence-corrected chi connectivity index (χ1v) is 9.80. The van der Waals surface area contributed by atoms with Crippen molar-refractivity contribution in [2.24, 2.45) is 11.8 Å². The van der Waals surface area contributed by atoms with Crippen LogP contribution in [-0.2, 0) is 14.3 Å². The Morgan fingerprint density at radius 2 is 1.92 bits per heavy atom. The van der Waals surface area contributed by atoms with Crippen LogP contribution in [0.2, 0.25) is 0 Å². The van der Waals surface area contributed by atoms with Crippen molar-refractivity contribution in [2.45, 2.75) is 39.4 Å². The summed E-state index contributed by atoms with van der Waals surface area (Å²) < 4.78 is 6.08. The molecule has 0 unspecified atom stereocenters. The first-order chi connectivity index (χ1) is 12.2. The Balaban J connectivity index is 1.82. The fourth-order valence-corrected chi connectivity index (χ4v) is 5.59. The van der Waals surface area contributed by atoms with Crippen LogP contribution >= 0.6 is 11.8 Å². The molecule has 4 atom stereocenters. The van der Waals surface area contributed by atoms with Gasteiger partial charge in [-0.25, -0.2) is 0 Å². The Kier molecular flexibility index (Phi) is 3.93. The molecule has 1 fully saturated rings. The number of ketones is 1. The van der Waals surface area contributed by atoms with Gasteiger partial charge < -0.3 is 9.84 Å². The Morgan fingerprint density at radius 3 is 2.54 bits per heavy atom. The van der Waals surface area contributed by atoms with Gasteiger partial charge in [0.15, 0.2) is 10.9 Å². The summed E-state index contributed by atoms with van der Waals surface area (Å²) in [5, 5.41) is 11.1. The standard InChI is InChI=1S/C21H22O4S/c1-10-7-11(2)15(12(3)8-10)17-19(23)16-14-5-6-21(25-14,9-26-13(4)22)18(16)20(17)24/h5-8,14,16,18,24H,9H2,1-4H3/t14-,16-,18+,21-/m0/s1. The molecule has 26 heavy (non-hydrogen) atoms. The Morgan fingerprint density at radius 1 is 1.27 bits per heavy atom. The van der Waals surface area contributed by atoms with Gasteiger partial charge in [-0.05, 0) is 37.5 Å². The molecular formula is C21H22O4S. The fraction of sp³-hybridized carbons (Fsp3) is 0.429. The Bertz CT molecular complexity index is 874. The van der Waals surface area contributed by atoms with Gasteiger partial charge in [-0.3, -0.25) is 9.59 Å². The van der Waals surface area contributed by atoms with Gasteiger partial charge in [0.05, 0.1) is 23.5 Å². The van der Waals surface area contributed by atoms with Crippen molar-refractivity contribution < 1.29 is 19.4 Å². The third kappa shape index (κ3) is 2.33. The topological polar surface area (TPSA) is 63.6 Å². The van der Waals surface area contributed by atoms with Gasteiger partial charge in [0.25, 0.3) is 0 Å². The maximum Gasteiger partial charge on any atom is 0.185 e. The molecule has 4 nitrogen and oxygen atoms in total. The average molecular weight is 370 g/mol. The van der Waals surface area contributed by atoms with Gasteiger partial charge in [-0.1, -0.05) is 41.6 Å². The van der Waals surface area contributed by atoms with Crippen molar-refractivity contribution >= 4 is 28.2 Å². The minimum Gasteiger partial charge on any atom is -0.511 e. The number of rotatable bonds is 3. The highest BCUT2D eigenvalue weighted by atomic mass is 32.2.